The van der Waals surface area contributed by atoms with Crippen LogP contribution in [0.25, 0.3) is 11.4 Å². The molecule has 1 aliphatic rings. The molecule has 1 aromatic heterocycles. The van der Waals surface area contributed by atoms with Gasteiger partial charge >= 0.3 is 0 Å². The van der Waals surface area contributed by atoms with Crippen molar-refractivity contribution in [3.8, 4) is 17.1 Å². The smallest absolute Gasteiger partial charge is 0.137 e. The zero-order chi connectivity index (χ0) is 11.0. The van der Waals surface area contributed by atoms with Gasteiger partial charge in [-0.15, -0.1) is 0 Å². The van der Waals surface area contributed by atoms with Gasteiger partial charge in [-0.1, -0.05) is 12.1 Å². The second-order valence-electron chi connectivity index (χ2n) is 3.99. The minimum Gasteiger partial charge on any atom is -0.508 e. The zero-order valence-electron chi connectivity index (χ0n) is 8.83. The molecular formula is C12H13N3O. The van der Waals surface area contributed by atoms with E-state index in [1.807, 2.05) is 12.1 Å². The molecule has 2 aromatic rings. The van der Waals surface area contributed by atoms with Crippen molar-refractivity contribution in [1.29, 1.82) is 0 Å². The van der Waals surface area contributed by atoms with Crippen LogP contribution in [0, 0.1) is 0 Å². The van der Waals surface area contributed by atoms with Crippen molar-refractivity contribution in [3.05, 3.63) is 35.7 Å². The maximum absolute atomic E-state index is 9.42. The molecule has 0 spiro atoms. The first-order chi connectivity index (χ1) is 7.83. The zero-order valence-corrected chi connectivity index (χ0v) is 8.83. The summed E-state index contributed by atoms with van der Waals surface area (Å²) in [5.74, 6) is 1.11. The Morgan fingerprint density at radius 1 is 1.31 bits per heavy atom. The topological polar surface area (TPSA) is 60.9 Å². The fraction of sp³-hybridized carbons (Fsp3) is 0.250. The number of H-pyrrole nitrogens is 1. The van der Waals surface area contributed by atoms with E-state index in [-0.39, 0.29) is 5.75 Å². The van der Waals surface area contributed by atoms with E-state index in [4.69, 9.17) is 0 Å². The standard InChI is InChI=1S/C12H13N3O/c16-9-3-1-2-8(6-9)12-14-10-4-5-13-7-11(10)15-12/h1-3,6,13,16H,4-5,7H2,(H,14,15). The van der Waals surface area contributed by atoms with E-state index in [9.17, 15) is 5.11 Å². The summed E-state index contributed by atoms with van der Waals surface area (Å²) < 4.78 is 0. The van der Waals surface area contributed by atoms with Crippen molar-refractivity contribution in [2.24, 2.45) is 0 Å². The van der Waals surface area contributed by atoms with E-state index in [2.05, 4.69) is 15.3 Å². The fourth-order valence-corrected chi connectivity index (χ4v) is 2.01. The third kappa shape index (κ3) is 1.57. The highest BCUT2D eigenvalue weighted by Crippen LogP contribution is 2.23. The Hall–Kier alpha value is -1.81. The average molecular weight is 215 g/mol. The number of phenols is 1. The lowest BCUT2D eigenvalue weighted by Crippen LogP contribution is -2.23. The van der Waals surface area contributed by atoms with Crippen LogP contribution in [-0.2, 0) is 13.0 Å². The number of benzene rings is 1. The van der Waals surface area contributed by atoms with E-state index >= 15 is 0 Å². The van der Waals surface area contributed by atoms with Gasteiger partial charge < -0.3 is 15.4 Å². The monoisotopic (exact) mass is 215 g/mol. The lowest BCUT2D eigenvalue weighted by atomic mass is 10.2. The highest BCUT2D eigenvalue weighted by Gasteiger charge is 2.14. The van der Waals surface area contributed by atoms with E-state index < -0.39 is 0 Å². The normalized spacial score (nSPS) is 14.8. The highest BCUT2D eigenvalue weighted by molar-refractivity contribution is 5.58. The number of fused-ring (bicyclic) bond motifs is 1. The first kappa shape index (κ1) is 9.42. The molecule has 4 heteroatoms. The number of rotatable bonds is 1. The summed E-state index contributed by atoms with van der Waals surface area (Å²) in [5.41, 5.74) is 3.22. The van der Waals surface area contributed by atoms with Crippen LogP contribution in [0.5, 0.6) is 5.75 Å². The number of aromatic hydroxyl groups is 1. The molecule has 0 saturated carbocycles. The van der Waals surface area contributed by atoms with E-state index in [1.54, 1.807) is 12.1 Å². The van der Waals surface area contributed by atoms with E-state index in [0.717, 1.165) is 42.3 Å². The summed E-state index contributed by atoms with van der Waals surface area (Å²) >= 11 is 0. The Kier molecular flexibility index (Phi) is 2.15. The van der Waals surface area contributed by atoms with Crippen LogP contribution in [-0.4, -0.2) is 21.6 Å². The number of aromatic nitrogens is 2. The van der Waals surface area contributed by atoms with Crippen molar-refractivity contribution in [3.63, 3.8) is 0 Å². The van der Waals surface area contributed by atoms with Crippen LogP contribution < -0.4 is 5.32 Å². The summed E-state index contributed by atoms with van der Waals surface area (Å²) in [6.45, 7) is 1.83. The summed E-state index contributed by atoms with van der Waals surface area (Å²) in [6, 6.07) is 7.15. The minimum atomic E-state index is 0.269. The molecule has 0 aliphatic carbocycles. The van der Waals surface area contributed by atoms with Crippen molar-refractivity contribution < 1.29 is 5.11 Å². The van der Waals surface area contributed by atoms with E-state index in [1.165, 1.54) is 0 Å². The van der Waals surface area contributed by atoms with Gasteiger partial charge in [0, 0.05) is 25.1 Å². The summed E-state index contributed by atoms with van der Waals surface area (Å²) in [6.07, 6.45) is 0.963. The minimum absolute atomic E-state index is 0.269. The van der Waals surface area contributed by atoms with Gasteiger partial charge in [0.05, 0.1) is 11.4 Å². The molecule has 82 valence electrons. The van der Waals surface area contributed by atoms with Crippen molar-refractivity contribution in [2.45, 2.75) is 13.0 Å². The highest BCUT2D eigenvalue weighted by atomic mass is 16.3. The van der Waals surface area contributed by atoms with Crippen LogP contribution in [0.15, 0.2) is 24.3 Å². The van der Waals surface area contributed by atoms with Crippen LogP contribution in [0.3, 0.4) is 0 Å². The van der Waals surface area contributed by atoms with Gasteiger partial charge in [0.25, 0.3) is 0 Å². The Morgan fingerprint density at radius 3 is 3.06 bits per heavy atom. The molecule has 4 nitrogen and oxygen atoms in total. The van der Waals surface area contributed by atoms with Gasteiger partial charge in [-0.2, -0.15) is 0 Å². The Balaban J connectivity index is 2.03. The third-order valence-electron chi connectivity index (χ3n) is 2.82. The molecule has 0 radical (unpaired) electrons. The molecule has 0 bridgehead atoms. The number of aromatic amines is 1. The first-order valence-corrected chi connectivity index (χ1v) is 5.41. The molecule has 2 heterocycles. The molecule has 3 N–H and O–H groups in total. The molecule has 0 amide bonds. The maximum atomic E-state index is 9.42. The van der Waals surface area contributed by atoms with Gasteiger partial charge in [-0.25, -0.2) is 4.98 Å². The molecule has 0 unspecified atom stereocenters. The average Bonchev–Trinajstić information content (AvgIpc) is 2.72. The SMILES string of the molecule is Oc1cccc(-c2nc3c([nH]2)CNCC3)c1. The Labute approximate surface area is 93.4 Å². The maximum Gasteiger partial charge on any atom is 0.137 e. The Morgan fingerprint density at radius 2 is 2.25 bits per heavy atom. The van der Waals surface area contributed by atoms with E-state index in [0.29, 0.717) is 0 Å². The van der Waals surface area contributed by atoms with Crippen LogP contribution in [0.2, 0.25) is 0 Å². The van der Waals surface area contributed by atoms with Gasteiger partial charge in [0.15, 0.2) is 0 Å². The second kappa shape index (κ2) is 3.64. The van der Waals surface area contributed by atoms with Crippen LogP contribution in [0.4, 0.5) is 0 Å². The molecule has 1 aromatic carbocycles. The molecule has 0 fully saturated rings. The lowest BCUT2D eigenvalue weighted by Gasteiger charge is -2.09. The predicted octanol–water partition coefficient (Wildman–Crippen LogP) is 1.43. The number of nitrogens with zero attached hydrogens (tertiary/aromatic N) is 1. The number of imidazole rings is 1. The van der Waals surface area contributed by atoms with Gasteiger partial charge in [-0.3, -0.25) is 0 Å². The van der Waals surface area contributed by atoms with Crippen molar-refractivity contribution in [2.75, 3.05) is 6.54 Å². The number of hydrogen-bond donors (Lipinski definition) is 3. The number of nitrogens with one attached hydrogen (secondary N) is 2. The number of phenolic OH excluding ortho intramolecular Hbond substituents is 1. The van der Waals surface area contributed by atoms with Crippen LogP contribution in [0.1, 0.15) is 11.4 Å². The van der Waals surface area contributed by atoms with Crippen LogP contribution >= 0.6 is 0 Å². The Bertz CT molecular complexity index is 495. The summed E-state index contributed by atoms with van der Waals surface area (Å²) in [5, 5.41) is 12.7. The van der Waals surface area contributed by atoms with Crippen molar-refractivity contribution >= 4 is 0 Å². The van der Waals surface area contributed by atoms with Crippen molar-refractivity contribution in [1.82, 2.24) is 15.3 Å². The second-order valence-corrected chi connectivity index (χ2v) is 3.99. The van der Waals surface area contributed by atoms with Gasteiger partial charge in [0.1, 0.15) is 11.6 Å². The quantitative estimate of drug-likeness (QED) is 0.674. The summed E-state index contributed by atoms with van der Waals surface area (Å²) in [4.78, 5) is 7.85. The third-order valence-corrected chi connectivity index (χ3v) is 2.82. The fourth-order valence-electron chi connectivity index (χ4n) is 2.01. The predicted molar refractivity (Wildman–Crippen MR) is 61.1 cm³/mol. The molecule has 0 saturated heterocycles. The van der Waals surface area contributed by atoms with Gasteiger partial charge in [0.2, 0.25) is 0 Å². The number of hydrogen-bond acceptors (Lipinski definition) is 3. The molecule has 16 heavy (non-hydrogen) atoms. The largest absolute Gasteiger partial charge is 0.508 e. The molecule has 0 atom stereocenters. The molecule has 3 rings (SSSR count). The summed E-state index contributed by atoms with van der Waals surface area (Å²) in [7, 11) is 0. The molecular weight excluding hydrogens is 202 g/mol. The first-order valence-electron chi connectivity index (χ1n) is 5.41. The lowest BCUT2D eigenvalue weighted by molar-refractivity contribution is 0.475. The van der Waals surface area contributed by atoms with Gasteiger partial charge in [-0.05, 0) is 12.1 Å². The molecule has 1 aliphatic heterocycles.